The normalized spacial score (nSPS) is 14.2. The van der Waals surface area contributed by atoms with Crippen molar-refractivity contribution in [3.8, 4) is 16.6 Å². The second kappa shape index (κ2) is 7.47. The lowest BCUT2D eigenvalue weighted by atomic mass is 10.2. The summed E-state index contributed by atoms with van der Waals surface area (Å²) in [6.45, 7) is 4.55. The lowest BCUT2D eigenvalue weighted by molar-refractivity contribution is 0.0750. The van der Waals surface area contributed by atoms with Crippen molar-refractivity contribution in [2.45, 2.75) is 6.92 Å². The topological polar surface area (TPSA) is 73.1 Å². The molecule has 4 heterocycles. The van der Waals surface area contributed by atoms with Crippen molar-refractivity contribution >= 4 is 34.4 Å². The second-order valence-electron chi connectivity index (χ2n) is 6.24. The van der Waals surface area contributed by atoms with E-state index in [1.807, 2.05) is 28.7 Å². The number of thiazole rings is 1. The summed E-state index contributed by atoms with van der Waals surface area (Å²) in [5.41, 5.74) is 2.46. The van der Waals surface area contributed by atoms with Crippen LogP contribution in [-0.2, 0) is 0 Å². The monoisotopic (exact) mass is 395 g/mol. The van der Waals surface area contributed by atoms with Gasteiger partial charge in [-0.2, -0.15) is 16.6 Å². The highest BCUT2D eigenvalue weighted by Crippen LogP contribution is 2.30. The average molecular weight is 396 g/mol. The number of anilines is 1. The van der Waals surface area contributed by atoms with Crippen LogP contribution in [0.4, 0.5) is 5.82 Å². The van der Waals surface area contributed by atoms with Crippen molar-refractivity contribution in [2.75, 3.05) is 31.1 Å². The van der Waals surface area contributed by atoms with Gasteiger partial charge in [0.15, 0.2) is 0 Å². The van der Waals surface area contributed by atoms with Crippen molar-refractivity contribution in [2.24, 2.45) is 0 Å². The van der Waals surface area contributed by atoms with Gasteiger partial charge in [0.05, 0.1) is 17.3 Å². The Labute approximate surface area is 165 Å². The van der Waals surface area contributed by atoms with E-state index in [-0.39, 0.29) is 5.91 Å². The second-order valence-corrected chi connectivity index (χ2v) is 8.02. The van der Waals surface area contributed by atoms with Crippen LogP contribution < -0.4 is 4.90 Å². The van der Waals surface area contributed by atoms with E-state index < -0.39 is 0 Å². The quantitative estimate of drug-likeness (QED) is 0.679. The van der Waals surface area contributed by atoms with Crippen LogP contribution >= 0.6 is 22.7 Å². The van der Waals surface area contributed by atoms with Crippen LogP contribution in [0.3, 0.4) is 0 Å². The van der Waals surface area contributed by atoms with Crippen LogP contribution in [0, 0.1) is 18.3 Å². The van der Waals surface area contributed by atoms with Gasteiger partial charge in [-0.15, -0.1) is 11.3 Å². The molecule has 1 saturated heterocycles. The maximum absolute atomic E-state index is 13.0. The molecule has 0 bridgehead atoms. The zero-order valence-corrected chi connectivity index (χ0v) is 16.4. The molecular weight excluding hydrogens is 378 g/mol. The van der Waals surface area contributed by atoms with Crippen LogP contribution in [0.25, 0.3) is 10.6 Å². The zero-order valence-electron chi connectivity index (χ0n) is 14.8. The number of rotatable bonds is 3. The van der Waals surface area contributed by atoms with Gasteiger partial charge in [0.2, 0.25) is 0 Å². The molecule has 0 aliphatic carbocycles. The molecule has 1 aliphatic heterocycles. The first-order valence-electron chi connectivity index (χ1n) is 8.56. The van der Waals surface area contributed by atoms with Crippen molar-refractivity contribution in [1.82, 2.24) is 14.9 Å². The molecule has 0 radical (unpaired) electrons. The minimum atomic E-state index is 0.0462. The molecule has 136 valence electrons. The van der Waals surface area contributed by atoms with Gasteiger partial charge >= 0.3 is 0 Å². The van der Waals surface area contributed by atoms with Crippen molar-refractivity contribution in [1.29, 1.82) is 5.26 Å². The fourth-order valence-corrected chi connectivity index (χ4v) is 4.79. The molecule has 0 saturated carbocycles. The molecule has 1 aliphatic rings. The third-order valence-corrected chi connectivity index (χ3v) is 6.40. The van der Waals surface area contributed by atoms with Crippen LogP contribution in [0.2, 0.25) is 0 Å². The number of nitriles is 1. The molecule has 0 aromatic carbocycles. The standard InChI is InChI=1S/C19H17N5OS2/c1-13-17(27-18(22-13)15-3-9-26-12-15)19(25)24-7-5-23(6-8-24)16-10-14(11-20)2-4-21-16/h2-4,9-10,12H,5-8H2,1H3. The molecule has 0 unspecified atom stereocenters. The molecule has 1 amide bonds. The van der Waals surface area contributed by atoms with Gasteiger partial charge in [-0.25, -0.2) is 9.97 Å². The minimum absolute atomic E-state index is 0.0462. The Morgan fingerprint density at radius 3 is 2.78 bits per heavy atom. The fraction of sp³-hybridized carbons (Fsp3) is 0.263. The SMILES string of the molecule is Cc1nc(-c2ccsc2)sc1C(=O)N1CCN(c2cc(C#N)ccn2)CC1. The Balaban J connectivity index is 1.45. The first kappa shape index (κ1) is 17.6. The first-order chi connectivity index (χ1) is 13.2. The van der Waals surface area contributed by atoms with Crippen LogP contribution in [-0.4, -0.2) is 47.0 Å². The number of piperazine rings is 1. The fourth-order valence-electron chi connectivity index (χ4n) is 3.05. The summed E-state index contributed by atoms with van der Waals surface area (Å²) in [5.74, 6) is 0.833. The Morgan fingerprint density at radius 1 is 1.26 bits per heavy atom. The maximum Gasteiger partial charge on any atom is 0.265 e. The third kappa shape index (κ3) is 3.56. The number of hydrogen-bond donors (Lipinski definition) is 0. The lowest BCUT2D eigenvalue weighted by Crippen LogP contribution is -2.49. The predicted molar refractivity (Wildman–Crippen MR) is 107 cm³/mol. The lowest BCUT2D eigenvalue weighted by Gasteiger charge is -2.35. The number of nitrogens with zero attached hydrogens (tertiary/aromatic N) is 5. The molecular formula is C19H17N5OS2. The van der Waals surface area contributed by atoms with Crippen molar-refractivity contribution in [3.63, 3.8) is 0 Å². The van der Waals surface area contributed by atoms with E-state index in [9.17, 15) is 4.79 Å². The van der Waals surface area contributed by atoms with Gasteiger partial charge in [0.1, 0.15) is 15.7 Å². The number of pyridine rings is 1. The van der Waals surface area contributed by atoms with Gasteiger partial charge in [-0.05, 0) is 30.5 Å². The van der Waals surface area contributed by atoms with Crippen LogP contribution in [0.1, 0.15) is 20.9 Å². The van der Waals surface area contributed by atoms with E-state index in [0.717, 1.165) is 22.1 Å². The summed E-state index contributed by atoms with van der Waals surface area (Å²) in [4.78, 5) is 26.6. The molecule has 4 rings (SSSR count). The van der Waals surface area contributed by atoms with Crippen LogP contribution in [0.5, 0.6) is 0 Å². The van der Waals surface area contributed by atoms with Crippen molar-refractivity contribution < 1.29 is 4.79 Å². The number of thiophene rings is 1. The summed E-state index contributed by atoms with van der Waals surface area (Å²) in [5, 5.41) is 14.0. The van der Waals surface area contributed by atoms with Gasteiger partial charge in [-0.1, -0.05) is 0 Å². The Bertz CT molecular complexity index is 998. The number of carbonyl (C=O) groups excluding carboxylic acids is 1. The average Bonchev–Trinajstić information content (AvgIpc) is 3.37. The molecule has 1 fully saturated rings. The maximum atomic E-state index is 13.0. The van der Waals surface area contributed by atoms with Gasteiger partial charge < -0.3 is 9.80 Å². The van der Waals surface area contributed by atoms with Crippen molar-refractivity contribution in [3.05, 3.63) is 51.3 Å². The van der Waals surface area contributed by atoms with E-state index in [4.69, 9.17) is 5.26 Å². The molecule has 27 heavy (non-hydrogen) atoms. The van der Waals surface area contributed by atoms with E-state index in [2.05, 4.69) is 20.9 Å². The highest BCUT2D eigenvalue weighted by atomic mass is 32.1. The van der Waals surface area contributed by atoms with E-state index in [1.165, 1.54) is 11.3 Å². The molecule has 3 aromatic heterocycles. The molecule has 0 atom stereocenters. The number of hydrogen-bond acceptors (Lipinski definition) is 7. The molecule has 0 N–H and O–H groups in total. The molecule has 3 aromatic rings. The minimum Gasteiger partial charge on any atom is -0.353 e. The Hall–Kier alpha value is -2.76. The summed E-state index contributed by atoms with van der Waals surface area (Å²) in [7, 11) is 0. The zero-order chi connectivity index (χ0) is 18.8. The number of carbonyl (C=O) groups is 1. The number of aromatic nitrogens is 2. The van der Waals surface area contributed by atoms with Crippen LogP contribution in [0.15, 0.2) is 35.2 Å². The molecule has 0 spiro atoms. The summed E-state index contributed by atoms with van der Waals surface area (Å²) in [6, 6.07) is 7.65. The summed E-state index contributed by atoms with van der Waals surface area (Å²) < 4.78 is 0. The van der Waals surface area contributed by atoms with Gasteiger partial charge in [0.25, 0.3) is 5.91 Å². The number of amides is 1. The summed E-state index contributed by atoms with van der Waals surface area (Å²) in [6.07, 6.45) is 1.65. The van der Waals surface area contributed by atoms with Gasteiger partial charge in [0, 0.05) is 43.3 Å². The number of aryl methyl sites for hydroxylation is 1. The van der Waals surface area contributed by atoms with Gasteiger partial charge in [-0.3, -0.25) is 4.79 Å². The predicted octanol–water partition coefficient (Wildman–Crippen LogP) is 3.41. The van der Waals surface area contributed by atoms with E-state index >= 15 is 0 Å². The summed E-state index contributed by atoms with van der Waals surface area (Å²) >= 11 is 3.09. The smallest absolute Gasteiger partial charge is 0.265 e. The highest BCUT2D eigenvalue weighted by molar-refractivity contribution is 7.17. The Kier molecular flexibility index (Phi) is 4.88. The highest BCUT2D eigenvalue weighted by Gasteiger charge is 2.26. The van der Waals surface area contributed by atoms with E-state index in [0.29, 0.717) is 36.6 Å². The Morgan fingerprint density at radius 2 is 2.07 bits per heavy atom. The largest absolute Gasteiger partial charge is 0.353 e. The first-order valence-corrected chi connectivity index (χ1v) is 10.3. The third-order valence-electron chi connectivity index (χ3n) is 4.52. The molecule has 8 heteroatoms. The van der Waals surface area contributed by atoms with E-state index in [1.54, 1.807) is 29.7 Å². The molecule has 6 nitrogen and oxygen atoms in total.